The number of aromatic nitrogens is 1. The number of benzene rings is 2. The molecule has 3 aromatic rings. The predicted molar refractivity (Wildman–Crippen MR) is 119 cm³/mol. The molecule has 6 nitrogen and oxygen atoms in total. The van der Waals surface area contributed by atoms with Gasteiger partial charge in [-0.3, -0.25) is 4.79 Å². The highest BCUT2D eigenvalue weighted by molar-refractivity contribution is 5.86. The first-order valence-electron chi connectivity index (χ1n) is 10.2. The zero-order chi connectivity index (χ0) is 21.5. The summed E-state index contributed by atoms with van der Waals surface area (Å²) in [5.41, 5.74) is 3.26. The number of hydrogen-bond acceptors (Lipinski definition) is 4. The number of nitrogens with zero attached hydrogens (tertiary/aromatic N) is 1. The molecule has 1 N–H and O–H groups in total. The fourth-order valence-electron chi connectivity index (χ4n) is 3.80. The molecular formula is C24H30N2O4. The first-order chi connectivity index (χ1) is 14.6. The summed E-state index contributed by atoms with van der Waals surface area (Å²) in [6.45, 7) is 3.95. The highest BCUT2D eigenvalue weighted by Gasteiger charge is 2.24. The lowest BCUT2D eigenvalue weighted by Gasteiger charge is -2.19. The number of carbonyl (C=O) groups is 1. The Kier molecular flexibility index (Phi) is 7.36. The Morgan fingerprint density at radius 2 is 1.77 bits per heavy atom. The third kappa shape index (κ3) is 4.76. The van der Waals surface area contributed by atoms with E-state index in [9.17, 15) is 4.79 Å². The van der Waals surface area contributed by atoms with E-state index in [0.29, 0.717) is 31.1 Å². The first kappa shape index (κ1) is 21.7. The Morgan fingerprint density at radius 1 is 1.07 bits per heavy atom. The van der Waals surface area contributed by atoms with Crippen molar-refractivity contribution in [3.8, 4) is 11.5 Å². The van der Waals surface area contributed by atoms with E-state index in [1.165, 1.54) is 0 Å². The minimum Gasteiger partial charge on any atom is -0.497 e. The molecule has 0 aliphatic carbocycles. The fraction of sp³-hybridized carbons (Fsp3) is 0.375. The van der Waals surface area contributed by atoms with Gasteiger partial charge in [-0.1, -0.05) is 18.2 Å². The van der Waals surface area contributed by atoms with Crippen LogP contribution in [0.5, 0.6) is 11.5 Å². The third-order valence-corrected chi connectivity index (χ3v) is 5.33. The molecule has 1 heterocycles. The largest absolute Gasteiger partial charge is 0.497 e. The van der Waals surface area contributed by atoms with Crippen LogP contribution in [0.15, 0.2) is 48.7 Å². The van der Waals surface area contributed by atoms with Gasteiger partial charge in [0.15, 0.2) is 0 Å². The van der Waals surface area contributed by atoms with Crippen molar-refractivity contribution in [2.24, 2.45) is 0 Å². The maximum Gasteiger partial charge on any atom is 0.221 e. The van der Waals surface area contributed by atoms with Crippen LogP contribution < -0.4 is 14.8 Å². The Labute approximate surface area is 177 Å². The summed E-state index contributed by atoms with van der Waals surface area (Å²) in [7, 11) is 4.89. The van der Waals surface area contributed by atoms with Crippen LogP contribution in [0.1, 0.15) is 30.4 Å². The highest BCUT2D eigenvalue weighted by atomic mass is 16.5. The van der Waals surface area contributed by atoms with Crippen molar-refractivity contribution < 1.29 is 19.0 Å². The van der Waals surface area contributed by atoms with Crippen LogP contribution in [-0.4, -0.2) is 45.0 Å². The van der Waals surface area contributed by atoms with E-state index in [1.54, 1.807) is 21.3 Å². The molecule has 2 aromatic carbocycles. The van der Waals surface area contributed by atoms with E-state index in [1.807, 2.05) is 30.3 Å². The molecule has 0 fully saturated rings. The van der Waals surface area contributed by atoms with Gasteiger partial charge in [-0.05, 0) is 36.2 Å². The number of fused-ring (bicyclic) bond motifs is 1. The van der Waals surface area contributed by atoms with Crippen molar-refractivity contribution in [3.63, 3.8) is 0 Å². The summed E-state index contributed by atoms with van der Waals surface area (Å²) in [6, 6.07) is 14.1. The van der Waals surface area contributed by atoms with Gasteiger partial charge in [-0.15, -0.1) is 0 Å². The van der Waals surface area contributed by atoms with Crippen LogP contribution >= 0.6 is 0 Å². The summed E-state index contributed by atoms with van der Waals surface area (Å²) in [4.78, 5) is 12.8. The zero-order valence-electron chi connectivity index (χ0n) is 18.1. The van der Waals surface area contributed by atoms with E-state index >= 15 is 0 Å². The molecule has 1 amide bonds. The second-order valence-electron chi connectivity index (χ2n) is 7.13. The minimum absolute atomic E-state index is 0.0211. The number of aryl methyl sites for hydroxylation is 1. The van der Waals surface area contributed by atoms with Crippen molar-refractivity contribution in [3.05, 3.63) is 59.8 Å². The number of ether oxygens (including phenoxy) is 3. The SMILES string of the molecule is CCn1cc([C@H](CC(=O)NCCOC)c2cc(OC)cc(OC)c2)c2ccccc21. The lowest BCUT2D eigenvalue weighted by molar-refractivity contribution is -0.121. The van der Waals surface area contributed by atoms with Crippen molar-refractivity contribution in [2.75, 3.05) is 34.5 Å². The molecule has 0 unspecified atom stereocenters. The highest BCUT2D eigenvalue weighted by Crippen LogP contribution is 2.37. The quantitative estimate of drug-likeness (QED) is 0.514. The van der Waals surface area contributed by atoms with E-state index in [4.69, 9.17) is 14.2 Å². The van der Waals surface area contributed by atoms with Gasteiger partial charge in [-0.25, -0.2) is 0 Å². The topological polar surface area (TPSA) is 61.7 Å². The smallest absolute Gasteiger partial charge is 0.221 e. The summed E-state index contributed by atoms with van der Waals surface area (Å²) in [6.07, 6.45) is 2.47. The van der Waals surface area contributed by atoms with Gasteiger partial charge in [0.2, 0.25) is 5.91 Å². The van der Waals surface area contributed by atoms with E-state index in [-0.39, 0.29) is 11.8 Å². The molecular weight excluding hydrogens is 380 g/mol. The van der Waals surface area contributed by atoms with Crippen LogP contribution in [0.4, 0.5) is 0 Å². The standard InChI is InChI=1S/C24H30N2O4/c1-5-26-16-22(20-8-6-7-9-23(20)26)21(15-24(27)25-10-11-28-2)17-12-18(29-3)14-19(13-17)30-4/h6-9,12-14,16,21H,5,10-11,15H2,1-4H3,(H,25,27)/t21-/m1/s1. The second-order valence-corrected chi connectivity index (χ2v) is 7.13. The van der Waals surface area contributed by atoms with E-state index < -0.39 is 0 Å². The van der Waals surface area contributed by atoms with E-state index in [0.717, 1.165) is 28.6 Å². The Hall–Kier alpha value is -2.99. The second kappa shape index (κ2) is 10.2. The molecule has 30 heavy (non-hydrogen) atoms. The molecule has 1 aromatic heterocycles. The van der Waals surface area contributed by atoms with Gasteiger partial charge in [0.05, 0.1) is 20.8 Å². The number of rotatable bonds is 10. The molecule has 160 valence electrons. The average Bonchev–Trinajstić information content (AvgIpc) is 3.15. The van der Waals surface area contributed by atoms with Gasteiger partial charge in [0, 0.05) is 55.7 Å². The van der Waals surface area contributed by atoms with Gasteiger partial charge in [-0.2, -0.15) is 0 Å². The van der Waals surface area contributed by atoms with Crippen LogP contribution in [-0.2, 0) is 16.1 Å². The Bertz CT molecular complexity index is 974. The lowest BCUT2D eigenvalue weighted by Crippen LogP contribution is -2.28. The van der Waals surface area contributed by atoms with Gasteiger partial charge < -0.3 is 24.1 Å². The molecule has 0 radical (unpaired) electrons. The third-order valence-electron chi connectivity index (χ3n) is 5.33. The number of amides is 1. The van der Waals surface area contributed by atoms with Crippen molar-refractivity contribution in [1.29, 1.82) is 0 Å². The summed E-state index contributed by atoms with van der Waals surface area (Å²) < 4.78 is 18.2. The summed E-state index contributed by atoms with van der Waals surface area (Å²) in [5, 5.41) is 4.10. The molecule has 1 atom stereocenters. The Balaban J connectivity index is 2.08. The van der Waals surface area contributed by atoms with Crippen molar-refractivity contribution >= 4 is 16.8 Å². The monoisotopic (exact) mass is 410 g/mol. The van der Waals surface area contributed by atoms with Crippen LogP contribution in [0.2, 0.25) is 0 Å². The van der Waals surface area contributed by atoms with Crippen LogP contribution in [0, 0.1) is 0 Å². The van der Waals surface area contributed by atoms with Gasteiger partial charge >= 0.3 is 0 Å². The number of methoxy groups -OCH3 is 3. The molecule has 0 saturated carbocycles. The number of para-hydroxylation sites is 1. The van der Waals surface area contributed by atoms with Gasteiger partial charge in [0.25, 0.3) is 0 Å². The molecule has 0 spiro atoms. The molecule has 3 rings (SSSR count). The summed E-state index contributed by atoms with van der Waals surface area (Å²) >= 11 is 0. The fourth-order valence-corrected chi connectivity index (χ4v) is 3.80. The average molecular weight is 411 g/mol. The van der Waals surface area contributed by atoms with Crippen molar-refractivity contribution in [1.82, 2.24) is 9.88 Å². The van der Waals surface area contributed by atoms with Crippen molar-refractivity contribution in [2.45, 2.75) is 25.8 Å². The van der Waals surface area contributed by atoms with Gasteiger partial charge in [0.1, 0.15) is 11.5 Å². The first-order valence-corrected chi connectivity index (χ1v) is 10.2. The Morgan fingerprint density at radius 3 is 2.40 bits per heavy atom. The molecule has 0 saturated heterocycles. The normalized spacial score (nSPS) is 12.0. The number of nitrogens with one attached hydrogen (secondary N) is 1. The molecule has 0 aliphatic heterocycles. The lowest BCUT2D eigenvalue weighted by atomic mass is 9.87. The molecule has 6 heteroatoms. The number of carbonyl (C=O) groups excluding carboxylic acids is 1. The maximum atomic E-state index is 12.8. The number of hydrogen-bond donors (Lipinski definition) is 1. The molecule has 0 aliphatic rings. The molecule has 0 bridgehead atoms. The predicted octanol–water partition coefficient (Wildman–Crippen LogP) is 3.96. The van der Waals surface area contributed by atoms with E-state index in [2.05, 4.69) is 35.1 Å². The maximum absolute atomic E-state index is 12.8. The van der Waals surface area contributed by atoms with Crippen LogP contribution in [0.25, 0.3) is 10.9 Å². The summed E-state index contributed by atoms with van der Waals surface area (Å²) in [5.74, 6) is 1.24. The van der Waals surface area contributed by atoms with Crippen LogP contribution in [0.3, 0.4) is 0 Å². The zero-order valence-corrected chi connectivity index (χ0v) is 18.1. The minimum atomic E-state index is -0.144.